The largest absolute Gasteiger partial charge is 0.508 e. The van der Waals surface area contributed by atoms with E-state index in [4.69, 9.17) is 9.90 Å². The first-order valence-electron chi connectivity index (χ1n) is 6.77. The van der Waals surface area contributed by atoms with Crippen molar-refractivity contribution in [2.45, 2.75) is 0 Å². The van der Waals surface area contributed by atoms with Crippen LogP contribution >= 0.6 is 0 Å². The van der Waals surface area contributed by atoms with E-state index in [1.54, 1.807) is 60.7 Å². The molecular formula is C19H18O4. The zero-order valence-electron chi connectivity index (χ0n) is 12.5. The predicted molar refractivity (Wildman–Crippen MR) is 90.4 cm³/mol. The van der Waals surface area contributed by atoms with Crippen molar-refractivity contribution in [2.24, 2.45) is 0 Å². The highest BCUT2D eigenvalue weighted by molar-refractivity contribution is 5.74. The average molecular weight is 310 g/mol. The molecule has 0 bridgehead atoms. The molecule has 3 N–H and O–H groups in total. The lowest BCUT2D eigenvalue weighted by Gasteiger charge is -2.05. The fourth-order valence-corrected chi connectivity index (χ4v) is 1.83. The molecule has 23 heavy (non-hydrogen) atoms. The molecule has 0 unspecified atom stereocenters. The number of phenols is 3. The summed E-state index contributed by atoms with van der Waals surface area (Å²) in [5.74, 6) is 0.672. The second-order valence-electron chi connectivity index (χ2n) is 4.37. The highest BCUT2D eigenvalue weighted by atomic mass is 16.3. The Morgan fingerprint density at radius 3 is 1.17 bits per heavy atom. The van der Waals surface area contributed by atoms with Gasteiger partial charge >= 0.3 is 0 Å². The lowest BCUT2D eigenvalue weighted by molar-refractivity contribution is -0.0979. The van der Waals surface area contributed by atoms with E-state index in [9.17, 15) is 10.2 Å². The van der Waals surface area contributed by atoms with Crippen molar-refractivity contribution in [2.75, 3.05) is 0 Å². The summed E-state index contributed by atoms with van der Waals surface area (Å²) < 4.78 is 0. The molecule has 0 spiro atoms. The van der Waals surface area contributed by atoms with Crippen LogP contribution in [-0.4, -0.2) is 22.1 Å². The van der Waals surface area contributed by atoms with Gasteiger partial charge in [0, 0.05) is 11.1 Å². The number of carbonyl (C=O) groups is 1. The van der Waals surface area contributed by atoms with Gasteiger partial charge in [-0.25, -0.2) is 0 Å². The molecule has 4 nitrogen and oxygen atoms in total. The van der Waals surface area contributed by atoms with Crippen molar-refractivity contribution in [1.82, 2.24) is 0 Å². The lowest BCUT2D eigenvalue weighted by Crippen LogP contribution is -1.79. The third-order valence-corrected chi connectivity index (χ3v) is 2.85. The number of benzene rings is 3. The van der Waals surface area contributed by atoms with Crippen molar-refractivity contribution >= 4 is 6.79 Å². The van der Waals surface area contributed by atoms with E-state index < -0.39 is 0 Å². The summed E-state index contributed by atoms with van der Waals surface area (Å²) >= 11 is 0. The van der Waals surface area contributed by atoms with Crippen molar-refractivity contribution in [3.63, 3.8) is 0 Å². The zero-order valence-corrected chi connectivity index (χ0v) is 12.5. The number of aromatic hydroxyl groups is 3. The molecule has 0 radical (unpaired) electrons. The lowest BCUT2D eigenvalue weighted by atomic mass is 10.0. The Labute approximate surface area is 134 Å². The van der Waals surface area contributed by atoms with Gasteiger partial charge in [-0.3, -0.25) is 0 Å². The molecule has 4 heteroatoms. The summed E-state index contributed by atoms with van der Waals surface area (Å²) in [5.41, 5.74) is 1.29. The number of carbonyl (C=O) groups excluding carboxylic acids is 1. The highest BCUT2D eigenvalue weighted by Gasteiger charge is 2.06. The SMILES string of the molecule is C=O.Oc1ccccc1.Oc1ccccc1-c1ccccc1O. The minimum atomic E-state index is 0.175. The standard InChI is InChI=1S/C12H10O2.C6H6O.CH2O/c13-11-7-3-1-5-9(11)10-6-2-4-8-12(10)14;7-6-4-2-1-3-5-6;1-2/h1-8,13-14H;1-5,7H;1H2. The first kappa shape index (κ1) is 17.8. The molecule has 0 saturated heterocycles. The number of phenolic OH excluding ortho intramolecular Hbond substituents is 3. The minimum absolute atomic E-state index is 0.175. The molecular weight excluding hydrogens is 292 g/mol. The van der Waals surface area contributed by atoms with Crippen molar-refractivity contribution < 1.29 is 20.1 Å². The molecule has 0 aliphatic carbocycles. The molecule has 0 atom stereocenters. The van der Waals surface area contributed by atoms with Gasteiger partial charge in [-0.1, -0.05) is 54.6 Å². The number of hydrogen-bond donors (Lipinski definition) is 3. The quantitative estimate of drug-likeness (QED) is 0.635. The summed E-state index contributed by atoms with van der Waals surface area (Å²) in [6.45, 7) is 2.00. The molecule has 0 aromatic heterocycles. The summed E-state index contributed by atoms with van der Waals surface area (Å²) in [7, 11) is 0. The van der Waals surface area contributed by atoms with E-state index in [0.29, 0.717) is 16.9 Å². The molecule has 118 valence electrons. The van der Waals surface area contributed by atoms with E-state index in [2.05, 4.69) is 0 Å². The van der Waals surface area contributed by atoms with E-state index in [1.807, 2.05) is 25.0 Å². The second kappa shape index (κ2) is 9.63. The van der Waals surface area contributed by atoms with Gasteiger partial charge in [0.05, 0.1) is 0 Å². The molecule has 0 saturated carbocycles. The Kier molecular flexibility index (Phi) is 7.44. The van der Waals surface area contributed by atoms with Gasteiger partial charge in [0.1, 0.15) is 24.0 Å². The van der Waals surface area contributed by atoms with Gasteiger partial charge in [0.25, 0.3) is 0 Å². The van der Waals surface area contributed by atoms with E-state index in [1.165, 1.54) is 0 Å². The van der Waals surface area contributed by atoms with Crippen LogP contribution in [0.3, 0.4) is 0 Å². The van der Waals surface area contributed by atoms with Crippen molar-refractivity contribution in [3.8, 4) is 28.4 Å². The number of para-hydroxylation sites is 3. The summed E-state index contributed by atoms with van der Waals surface area (Å²) in [4.78, 5) is 8.00. The summed E-state index contributed by atoms with van der Waals surface area (Å²) in [6.07, 6.45) is 0. The Bertz CT molecular complexity index is 668. The van der Waals surface area contributed by atoms with E-state index in [-0.39, 0.29) is 11.5 Å². The van der Waals surface area contributed by atoms with Gasteiger partial charge in [-0.05, 0) is 24.3 Å². The van der Waals surface area contributed by atoms with Crippen LogP contribution in [-0.2, 0) is 4.79 Å². The predicted octanol–water partition coefficient (Wildman–Crippen LogP) is 3.97. The first-order chi connectivity index (χ1) is 11.2. The third kappa shape index (κ3) is 5.55. The molecule has 0 amide bonds. The maximum Gasteiger partial charge on any atom is 0.123 e. The topological polar surface area (TPSA) is 77.8 Å². The maximum atomic E-state index is 9.58. The Balaban J connectivity index is 0.000000247. The number of hydrogen-bond acceptors (Lipinski definition) is 4. The maximum absolute atomic E-state index is 9.58. The third-order valence-electron chi connectivity index (χ3n) is 2.85. The van der Waals surface area contributed by atoms with E-state index in [0.717, 1.165) is 0 Å². The molecule has 0 aliphatic rings. The first-order valence-corrected chi connectivity index (χ1v) is 6.77. The normalized spacial score (nSPS) is 8.87. The minimum Gasteiger partial charge on any atom is -0.508 e. The van der Waals surface area contributed by atoms with Gasteiger partial charge in [0.15, 0.2) is 0 Å². The Morgan fingerprint density at radius 1 is 0.522 bits per heavy atom. The molecule has 3 rings (SSSR count). The van der Waals surface area contributed by atoms with Crippen LogP contribution in [0.5, 0.6) is 17.2 Å². The zero-order chi connectivity index (χ0) is 17.1. The Morgan fingerprint density at radius 2 is 0.870 bits per heavy atom. The fourth-order valence-electron chi connectivity index (χ4n) is 1.83. The smallest absolute Gasteiger partial charge is 0.123 e. The van der Waals surface area contributed by atoms with Gasteiger partial charge < -0.3 is 20.1 Å². The molecule has 0 heterocycles. The summed E-state index contributed by atoms with van der Waals surface area (Å²) in [6, 6.07) is 22.6. The van der Waals surface area contributed by atoms with Crippen LogP contribution in [0.25, 0.3) is 11.1 Å². The monoisotopic (exact) mass is 310 g/mol. The second-order valence-corrected chi connectivity index (χ2v) is 4.37. The summed E-state index contributed by atoms with van der Waals surface area (Å²) in [5, 5.41) is 27.8. The van der Waals surface area contributed by atoms with Crippen LogP contribution in [0.2, 0.25) is 0 Å². The van der Waals surface area contributed by atoms with Gasteiger partial charge in [0.2, 0.25) is 0 Å². The average Bonchev–Trinajstić information content (AvgIpc) is 2.59. The number of rotatable bonds is 1. The molecule has 0 fully saturated rings. The van der Waals surface area contributed by atoms with Crippen LogP contribution in [0.4, 0.5) is 0 Å². The van der Waals surface area contributed by atoms with Crippen molar-refractivity contribution in [1.29, 1.82) is 0 Å². The highest BCUT2D eigenvalue weighted by Crippen LogP contribution is 2.34. The Hall–Kier alpha value is -3.27. The molecule has 3 aromatic rings. The van der Waals surface area contributed by atoms with Crippen LogP contribution in [0.1, 0.15) is 0 Å². The van der Waals surface area contributed by atoms with E-state index >= 15 is 0 Å². The van der Waals surface area contributed by atoms with Crippen LogP contribution in [0, 0.1) is 0 Å². The molecule has 0 aliphatic heterocycles. The van der Waals surface area contributed by atoms with Crippen molar-refractivity contribution in [3.05, 3.63) is 78.9 Å². The molecule has 3 aromatic carbocycles. The fraction of sp³-hybridized carbons (Fsp3) is 0. The van der Waals surface area contributed by atoms with Gasteiger partial charge in [-0.2, -0.15) is 0 Å². The van der Waals surface area contributed by atoms with Crippen LogP contribution in [0.15, 0.2) is 78.9 Å². The van der Waals surface area contributed by atoms with Gasteiger partial charge in [-0.15, -0.1) is 0 Å². The van der Waals surface area contributed by atoms with Crippen LogP contribution < -0.4 is 0 Å².